The molecule has 1 heterocycles. The first-order valence-electron chi connectivity index (χ1n) is 8.22. The normalized spacial score (nSPS) is 19.8. The van der Waals surface area contributed by atoms with Gasteiger partial charge in [-0.2, -0.15) is 0 Å². The van der Waals surface area contributed by atoms with Crippen LogP contribution in [-0.2, 0) is 14.8 Å². The summed E-state index contributed by atoms with van der Waals surface area (Å²) >= 11 is 0. The van der Waals surface area contributed by atoms with E-state index < -0.39 is 28.1 Å². The van der Waals surface area contributed by atoms with E-state index in [0.29, 0.717) is 11.3 Å². The third-order valence-electron chi connectivity index (χ3n) is 4.18. The molecule has 2 atom stereocenters. The first kappa shape index (κ1) is 19.4. The number of ether oxygens (including phenoxy) is 1. The number of sulfonamides is 1. The lowest BCUT2D eigenvalue weighted by Crippen LogP contribution is -2.42. The molecule has 0 saturated carbocycles. The fourth-order valence-electron chi connectivity index (χ4n) is 2.65. The van der Waals surface area contributed by atoms with Crippen LogP contribution in [0.4, 0.5) is 10.1 Å². The van der Waals surface area contributed by atoms with Gasteiger partial charge in [0, 0.05) is 11.3 Å². The number of aliphatic hydroxyl groups is 1. The smallest absolute Gasteiger partial charge is 0.255 e. The number of nitrogens with one attached hydrogen (secondary N) is 2. The largest absolute Gasteiger partial charge is 0.389 e. The van der Waals surface area contributed by atoms with Gasteiger partial charge in [0.2, 0.25) is 10.0 Å². The lowest BCUT2D eigenvalue weighted by Gasteiger charge is -2.15. The molecule has 0 aliphatic carbocycles. The molecule has 144 valence electrons. The number of amides is 1. The predicted octanol–water partition coefficient (Wildman–Crippen LogP) is 1.42. The van der Waals surface area contributed by atoms with Gasteiger partial charge in [-0.3, -0.25) is 4.79 Å². The summed E-state index contributed by atoms with van der Waals surface area (Å²) in [5.74, 6) is -0.910. The summed E-state index contributed by atoms with van der Waals surface area (Å²) in [4.78, 5) is 12.3. The molecule has 2 aromatic carbocycles. The van der Waals surface area contributed by atoms with Crippen molar-refractivity contribution in [3.8, 4) is 0 Å². The molecule has 0 aromatic heterocycles. The Hall–Kier alpha value is -2.33. The van der Waals surface area contributed by atoms with E-state index in [1.54, 1.807) is 6.92 Å². The van der Waals surface area contributed by atoms with Crippen LogP contribution in [-0.4, -0.2) is 44.8 Å². The highest BCUT2D eigenvalue weighted by Crippen LogP contribution is 2.18. The zero-order chi connectivity index (χ0) is 19.6. The minimum Gasteiger partial charge on any atom is -0.389 e. The number of hydrogen-bond acceptors (Lipinski definition) is 5. The molecule has 2 aromatic rings. The highest BCUT2D eigenvalue weighted by molar-refractivity contribution is 7.89. The molecule has 0 bridgehead atoms. The number of aryl methyl sites for hydroxylation is 1. The van der Waals surface area contributed by atoms with Crippen molar-refractivity contribution in [1.82, 2.24) is 4.72 Å². The lowest BCUT2D eigenvalue weighted by atomic mass is 10.2. The second-order valence-corrected chi connectivity index (χ2v) is 7.99. The van der Waals surface area contributed by atoms with Crippen LogP contribution >= 0.6 is 0 Å². The summed E-state index contributed by atoms with van der Waals surface area (Å²) in [7, 11) is -3.94. The van der Waals surface area contributed by atoms with Gasteiger partial charge in [0.25, 0.3) is 5.91 Å². The molecule has 3 N–H and O–H groups in total. The van der Waals surface area contributed by atoms with Crippen LogP contribution in [0.5, 0.6) is 0 Å². The number of carbonyl (C=O) groups excluding carboxylic acids is 1. The summed E-state index contributed by atoms with van der Waals surface area (Å²) in [5.41, 5.74) is 0.908. The molecule has 3 rings (SSSR count). The molecule has 1 aliphatic rings. The van der Waals surface area contributed by atoms with Crippen LogP contribution < -0.4 is 10.0 Å². The maximum atomic E-state index is 13.3. The second-order valence-electron chi connectivity index (χ2n) is 6.28. The van der Waals surface area contributed by atoms with Crippen LogP contribution in [0.15, 0.2) is 47.4 Å². The zero-order valence-corrected chi connectivity index (χ0v) is 15.3. The number of carbonyl (C=O) groups is 1. The summed E-state index contributed by atoms with van der Waals surface area (Å²) in [6.45, 7) is 1.71. The third kappa shape index (κ3) is 4.51. The molecular formula is C18H19FN2O5S. The van der Waals surface area contributed by atoms with Crippen molar-refractivity contribution in [2.45, 2.75) is 24.0 Å². The number of aliphatic hydroxyl groups excluding tert-OH is 1. The first-order valence-corrected chi connectivity index (χ1v) is 9.70. The minimum atomic E-state index is -3.94. The van der Waals surface area contributed by atoms with Gasteiger partial charge in [-0.15, -0.1) is 0 Å². The summed E-state index contributed by atoms with van der Waals surface area (Å²) in [5, 5.41) is 12.3. The van der Waals surface area contributed by atoms with Crippen molar-refractivity contribution >= 4 is 21.6 Å². The Balaban J connectivity index is 1.77. The number of halogens is 1. The maximum absolute atomic E-state index is 13.3. The Morgan fingerprint density at radius 3 is 2.67 bits per heavy atom. The fraction of sp³-hybridized carbons (Fsp3) is 0.278. The summed E-state index contributed by atoms with van der Waals surface area (Å²) < 4.78 is 45.7. The van der Waals surface area contributed by atoms with E-state index in [1.165, 1.54) is 42.5 Å². The van der Waals surface area contributed by atoms with Gasteiger partial charge < -0.3 is 15.2 Å². The molecule has 1 saturated heterocycles. The Labute approximate surface area is 156 Å². The predicted molar refractivity (Wildman–Crippen MR) is 96.5 cm³/mol. The standard InChI is InChI=1S/C18H19FN2O5S/c1-11-7-13(5-6-15(11)19)20-18(23)12-3-2-4-14(8-12)27(24,25)21-16-9-26-10-17(16)22/h2-8,16-17,21-22H,9-10H2,1H3,(H,20,23). The third-order valence-corrected chi connectivity index (χ3v) is 5.67. The molecule has 0 radical (unpaired) electrons. The van der Waals surface area contributed by atoms with Crippen LogP contribution in [0.3, 0.4) is 0 Å². The van der Waals surface area contributed by atoms with Gasteiger partial charge in [0.15, 0.2) is 0 Å². The molecule has 1 fully saturated rings. The Kier molecular flexibility index (Phi) is 5.56. The molecule has 9 heteroatoms. The van der Waals surface area contributed by atoms with Crippen molar-refractivity contribution in [3.05, 3.63) is 59.4 Å². The number of anilines is 1. The van der Waals surface area contributed by atoms with Crippen LogP contribution in [0.25, 0.3) is 0 Å². The SMILES string of the molecule is Cc1cc(NC(=O)c2cccc(S(=O)(=O)NC3COCC3O)c2)ccc1F. The molecule has 27 heavy (non-hydrogen) atoms. The van der Waals surface area contributed by atoms with Gasteiger partial charge >= 0.3 is 0 Å². The van der Waals surface area contributed by atoms with Gasteiger partial charge in [0.05, 0.1) is 30.3 Å². The molecule has 7 nitrogen and oxygen atoms in total. The van der Waals surface area contributed by atoms with E-state index in [-0.39, 0.29) is 29.5 Å². The summed E-state index contributed by atoms with van der Waals surface area (Å²) in [6, 6.07) is 8.90. The van der Waals surface area contributed by atoms with E-state index in [1.807, 2.05) is 0 Å². The average Bonchev–Trinajstić information content (AvgIpc) is 3.02. The zero-order valence-electron chi connectivity index (χ0n) is 14.5. The van der Waals surface area contributed by atoms with E-state index in [0.717, 1.165) is 0 Å². The minimum absolute atomic E-state index is 0.0622. The van der Waals surface area contributed by atoms with Crippen molar-refractivity contribution in [2.75, 3.05) is 18.5 Å². The topological polar surface area (TPSA) is 105 Å². The van der Waals surface area contributed by atoms with Gasteiger partial charge in [-0.25, -0.2) is 17.5 Å². The molecule has 2 unspecified atom stereocenters. The van der Waals surface area contributed by atoms with Gasteiger partial charge in [-0.1, -0.05) is 6.07 Å². The molecule has 1 amide bonds. The van der Waals surface area contributed by atoms with E-state index in [2.05, 4.69) is 10.0 Å². The van der Waals surface area contributed by atoms with Crippen molar-refractivity contribution < 1.29 is 27.4 Å². The van der Waals surface area contributed by atoms with Gasteiger partial charge in [-0.05, 0) is 48.9 Å². The van der Waals surface area contributed by atoms with Crippen LogP contribution in [0, 0.1) is 12.7 Å². The van der Waals surface area contributed by atoms with Crippen molar-refractivity contribution in [3.63, 3.8) is 0 Å². The number of benzene rings is 2. The Morgan fingerprint density at radius 1 is 1.22 bits per heavy atom. The quantitative estimate of drug-likeness (QED) is 0.712. The Morgan fingerprint density at radius 2 is 2.00 bits per heavy atom. The molecule has 1 aliphatic heterocycles. The molecular weight excluding hydrogens is 375 g/mol. The van der Waals surface area contributed by atoms with Crippen LogP contribution in [0.2, 0.25) is 0 Å². The number of hydrogen-bond donors (Lipinski definition) is 3. The van der Waals surface area contributed by atoms with Crippen molar-refractivity contribution in [2.24, 2.45) is 0 Å². The van der Waals surface area contributed by atoms with E-state index >= 15 is 0 Å². The Bertz CT molecular complexity index is 964. The first-order chi connectivity index (χ1) is 12.8. The lowest BCUT2D eigenvalue weighted by molar-refractivity contribution is 0.102. The average molecular weight is 394 g/mol. The summed E-state index contributed by atoms with van der Waals surface area (Å²) in [6.07, 6.45) is -0.923. The van der Waals surface area contributed by atoms with Crippen molar-refractivity contribution in [1.29, 1.82) is 0 Å². The molecule has 0 spiro atoms. The highest BCUT2D eigenvalue weighted by Gasteiger charge is 2.31. The van der Waals surface area contributed by atoms with E-state index in [9.17, 15) is 22.7 Å². The van der Waals surface area contributed by atoms with E-state index in [4.69, 9.17) is 4.74 Å². The monoisotopic (exact) mass is 394 g/mol. The maximum Gasteiger partial charge on any atom is 0.255 e. The number of rotatable bonds is 5. The second kappa shape index (κ2) is 7.73. The highest BCUT2D eigenvalue weighted by atomic mass is 32.2. The van der Waals surface area contributed by atoms with Crippen LogP contribution in [0.1, 0.15) is 15.9 Å². The van der Waals surface area contributed by atoms with Gasteiger partial charge in [0.1, 0.15) is 5.82 Å². The fourth-order valence-corrected chi connectivity index (χ4v) is 3.95.